The predicted octanol–water partition coefficient (Wildman–Crippen LogP) is 2.24. The number of aryl methyl sites for hydroxylation is 1. The smallest absolute Gasteiger partial charge is 0.241 e. The summed E-state index contributed by atoms with van der Waals surface area (Å²) in [6.45, 7) is 7.24. The molecule has 0 saturated carbocycles. The van der Waals surface area contributed by atoms with Gasteiger partial charge >= 0.3 is 0 Å². The molecule has 0 aliphatic carbocycles. The van der Waals surface area contributed by atoms with Gasteiger partial charge in [-0.25, -0.2) is 8.42 Å². The highest BCUT2D eigenvalue weighted by Crippen LogP contribution is 2.19. The number of likely N-dealkylation sites (tertiary alicyclic amines) is 1. The van der Waals surface area contributed by atoms with Gasteiger partial charge in [-0.3, -0.25) is 4.79 Å². The molecule has 1 heterocycles. The topological polar surface area (TPSA) is 69.7 Å². The van der Waals surface area contributed by atoms with Gasteiger partial charge in [-0.05, 0) is 58.3 Å². The minimum atomic E-state index is -3.74. The average Bonchev–Trinajstić information content (AvgIpc) is 2.60. The number of piperidine rings is 1. The van der Waals surface area contributed by atoms with Crippen molar-refractivity contribution in [3.8, 4) is 0 Å². The first-order valence-electron chi connectivity index (χ1n) is 9.64. The first-order chi connectivity index (χ1) is 12.6. The van der Waals surface area contributed by atoms with Gasteiger partial charge in [-0.1, -0.05) is 31.5 Å². The normalized spacial score (nSPS) is 19.5. The van der Waals surface area contributed by atoms with Crippen molar-refractivity contribution in [2.24, 2.45) is 5.92 Å². The molecule has 2 atom stereocenters. The largest absolute Gasteiger partial charge is 0.340 e. The van der Waals surface area contributed by atoms with Crippen LogP contribution in [0.4, 0.5) is 0 Å². The Kier molecular flexibility index (Phi) is 7.42. The Labute approximate surface area is 164 Å². The van der Waals surface area contributed by atoms with Crippen molar-refractivity contribution in [3.05, 3.63) is 29.8 Å². The van der Waals surface area contributed by atoms with E-state index in [1.807, 2.05) is 39.8 Å². The zero-order valence-corrected chi connectivity index (χ0v) is 17.9. The van der Waals surface area contributed by atoms with Crippen LogP contribution in [-0.2, 0) is 14.8 Å². The molecule has 1 aliphatic heterocycles. The summed E-state index contributed by atoms with van der Waals surface area (Å²) in [6, 6.07) is 6.27. The maximum absolute atomic E-state index is 13.1. The van der Waals surface area contributed by atoms with E-state index >= 15 is 0 Å². The molecule has 152 valence electrons. The third-order valence-corrected chi connectivity index (χ3v) is 6.56. The van der Waals surface area contributed by atoms with Gasteiger partial charge in [0.1, 0.15) is 6.04 Å². The quantitative estimate of drug-likeness (QED) is 0.769. The molecule has 0 spiro atoms. The number of nitrogens with zero attached hydrogens (tertiary/aromatic N) is 2. The van der Waals surface area contributed by atoms with Crippen molar-refractivity contribution < 1.29 is 13.2 Å². The Morgan fingerprint density at radius 1 is 1.26 bits per heavy atom. The third-order valence-electron chi connectivity index (χ3n) is 5.07. The number of likely N-dealkylation sites (N-methyl/N-ethyl adjacent to an activating group) is 1. The summed E-state index contributed by atoms with van der Waals surface area (Å²) in [5, 5.41) is 0. The molecule has 1 aromatic rings. The summed E-state index contributed by atoms with van der Waals surface area (Å²) in [6.07, 6.45) is 2.47. The first kappa shape index (κ1) is 21.9. The van der Waals surface area contributed by atoms with Gasteiger partial charge in [0, 0.05) is 19.1 Å². The molecular weight excluding hydrogens is 362 g/mol. The number of hydrogen-bond acceptors (Lipinski definition) is 4. The summed E-state index contributed by atoms with van der Waals surface area (Å²) in [7, 11) is 0.293. The fourth-order valence-corrected chi connectivity index (χ4v) is 4.64. The lowest BCUT2D eigenvalue weighted by Gasteiger charge is -2.38. The molecule has 6 nitrogen and oxygen atoms in total. The summed E-state index contributed by atoms with van der Waals surface area (Å²) in [5.41, 5.74) is 0.992. The van der Waals surface area contributed by atoms with Crippen molar-refractivity contribution in [2.75, 3.05) is 27.2 Å². The van der Waals surface area contributed by atoms with Crippen molar-refractivity contribution in [1.82, 2.24) is 14.5 Å². The van der Waals surface area contributed by atoms with Crippen LogP contribution in [0.25, 0.3) is 0 Å². The molecular formula is C20H33N3O3S. The monoisotopic (exact) mass is 395 g/mol. The molecule has 2 unspecified atom stereocenters. The van der Waals surface area contributed by atoms with Crippen LogP contribution in [0.1, 0.15) is 38.7 Å². The highest BCUT2D eigenvalue weighted by molar-refractivity contribution is 7.89. The second-order valence-corrected chi connectivity index (χ2v) is 9.87. The van der Waals surface area contributed by atoms with Gasteiger partial charge in [0.25, 0.3) is 0 Å². The second-order valence-electron chi connectivity index (χ2n) is 8.16. The van der Waals surface area contributed by atoms with Crippen molar-refractivity contribution in [1.29, 1.82) is 0 Å². The molecule has 0 aromatic heterocycles. The first-order valence-corrected chi connectivity index (χ1v) is 11.1. The van der Waals surface area contributed by atoms with Gasteiger partial charge in [-0.15, -0.1) is 0 Å². The van der Waals surface area contributed by atoms with Gasteiger partial charge in [-0.2, -0.15) is 4.72 Å². The number of benzene rings is 1. The van der Waals surface area contributed by atoms with Crippen LogP contribution < -0.4 is 4.72 Å². The van der Waals surface area contributed by atoms with Crippen molar-refractivity contribution in [3.63, 3.8) is 0 Å². The van der Waals surface area contributed by atoms with E-state index in [0.717, 1.165) is 18.4 Å². The SMILES string of the molecule is Cc1ccc(S(=O)(=O)NC(CC(C)C)C(=O)N2CCCC(N(C)C)C2)cc1. The lowest BCUT2D eigenvalue weighted by atomic mass is 10.0. The summed E-state index contributed by atoms with van der Waals surface area (Å²) in [4.78, 5) is 17.3. The highest BCUT2D eigenvalue weighted by atomic mass is 32.2. The molecule has 2 rings (SSSR count). The van der Waals surface area contributed by atoms with Crippen LogP contribution in [0.2, 0.25) is 0 Å². The zero-order valence-electron chi connectivity index (χ0n) is 17.1. The Morgan fingerprint density at radius 2 is 1.89 bits per heavy atom. The Hall–Kier alpha value is -1.44. The highest BCUT2D eigenvalue weighted by Gasteiger charge is 2.32. The van der Waals surface area contributed by atoms with Crippen LogP contribution >= 0.6 is 0 Å². The second kappa shape index (κ2) is 9.17. The van der Waals surface area contributed by atoms with Crippen molar-refractivity contribution in [2.45, 2.75) is 57.0 Å². The van der Waals surface area contributed by atoms with Crippen LogP contribution in [0, 0.1) is 12.8 Å². The van der Waals surface area contributed by atoms with E-state index in [1.54, 1.807) is 24.3 Å². The molecule has 1 amide bonds. The summed E-state index contributed by atoms with van der Waals surface area (Å²) >= 11 is 0. The average molecular weight is 396 g/mol. The zero-order chi connectivity index (χ0) is 20.2. The number of amides is 1. The molecule has 1 saturated heterocycles. The van der Waals surface area contributed by atoms with Gasteiger partial charge in [0.15, 0.2) is 0 Å². The maximum Gasteiger partial charge on any atom is 0.241 e. The standard InChI is InChI=1S/C20H33N3O3S/c1-15(2)13-19(20(24)23-12-6-7-17(14-23)22(4)5)21-27(25,26)18-10-8-16(3)9-11-18/h8-11,15,17,19,21H,6-7,12-14H2,1-5H3. The Bertz CT molecular complexity index is 729. The van der Waals surface area contributed by atoms with E-state index in [-0.39, 0.29) is 16.7 Å². The van der Waals surface area contributed by atoms with Gasteiger partial charge < -0.3 is 9.80 Å². The van der Waals surface area contributed by atoms with Gasteiger partial charge in [0.05, 0.1) is 4.90 Å². The third kappa shape index (κ3) is 6.02. The van der Waals surface area contributed by atoms with Gasteiger partial charge in [0.2, 0.25) is 15.9 Å². The van der Waals surface area contributed by atoms with E-state index in [4.69, 9.17) is 0 Å². The van der Waals surface area contributed by atoms with Crippen LogP contribution in [-0.4, -0.2) is 63.4 Å². The molecule has 1 N–H and O–H groups in total. The number of hydrogen-bond donors (Lipinski definition) is 1. The fraction of sp³-hybridized carbons (Fsp3) is 0.650. The number of carbonyl (C=O) groups excluding carboxylic acids is 1. The molecule has 0 radical (unpaired) electrons. The lowest BCUT2D eigenvalue weighted by molar-refractivity contribution is -0.135. The lowest BCUT2D eigenvalue weighted by Crippen LogP contribution is -2.54. The number of sulfonamides is 1. The van der Waals surface area contributed by atoms with Crippen LogP contribution in [0.3, 0.4) is 0 Å². The number of carbonyl (C=O) groups is 1. The van der Waals surface area contributed by atoms with Crippen LogP contribution in [0.15, 0.2) is 29.2 Å². The van der Waals surface area contributed by atoms with E-state index in [0.29, 0.717) is 25.6 Å². The molecule has 0 bridgehead atoms. The minimum Gasteiger partial charge on any atom is -0.340 e. The Balaban J connectivity index is 2.18. The molecule has 27 heavy (non-hydrogen) atoms. The van der Waals surface area contributed by atoms with E-state index < -0.39 is 16.1 Å². The van der Waals surface area contributed by atoms with E-state index in [1.165, 1.54) is 0 Å². The fourth-order valence-electron chi connectivity index (χ4n) is 3.44. The van der Waals surface area contributed by atoms with Crippen LogP contribution in [0.5, 0.6) is 0 Å². The molecule has 1 fully saturated rings. The number of rotatable bonds is 7. The summed E-state index contributed by atoms with van der Waals surface area (Å²) < 4.78 is 28.3. The van der Waals surface area contributed by atoms with Crippen molar-refractivity contribution >= 4 is 15.9 Å². The minimum absolute atomic E-state index is 0.120. The predicted molar refractivity (Wildman–Crippen MR) is 108 cm³/mol. The maximum atomic E-state index is 13.1. The molecule has 7 heteroatoms. The number of nitrogens with one attached hydrogen (secondary N) is 1. The molecule has 1 aromatic carbocycles. The molecule has 1 aliphatic rings. The summed E-state index contributed by atoms with van der Waals surface area (Å²) in [5.74, 6) is 0.0834. The Morgan fingerprint density at radius 3 is 2.44 bits per heavy atom. The van der Waals surface area contributed by atoms with E-state index in [9.17, 15) is 13.2 Å². The van der Waals surface area contributed by atoms with E-state index in [2.05, 4.69) is 9.62 Å².